The van der Waals surface area contributed by atoms with E-state index in [9.17, 15) is 14.7 Å². The van der Waals surface area contributed by atoms with Gasteiger partial charge in [0.2, 0.25) is 5.91 Å². The standard InChI is InChI=1S/C28H25N7O3S2/c1-16-12-21(32-33-25(16)31-27-29-19-10-6-7-11-20(19)39-27)34(2)28-30-23(26(37)38)24(40-28)18-14-35(15-18)22(36)13-17-8-4-3-5-9-17/h3-12,18H,13-15H2,1-2H3,(H,37,38)(H,29,31,33). The van der Waals surface area contributed by atoms with Crippen LogP contribution in [0.4, 0.5) is 21.9 Å². The maximum atomic E-state index is 12.7. The van der Waals surface area contributed by atoms with Crippen LogP contribution in [0.25, 0.3) is 10.2 Å². The summed E-state index contributed by atoms with van der Waals surface area (Å²) in [5, 5.41) is 23.0. The Morgan fingerprint density at radius 3 is 2.52 bits per heavy atom. The number of likely N-dealkylation sites (tertiary alicyclic amines) is 1. The molecule has 1 aliphatic rings. The number of nitrogens with one attached hydrogen (secondary N) is 1. The summed E-state index contributed by atoms with van der Waals surface area (Å²) in [5.41, 5.74) is 2.76. The van der Waals surface area contributed by atoms with Crippen LogP contribution in [0, 0.1) is 6.92 Å². The molecule has 5 aromatic rings. The van der Waals surface area contributed by atoms with E-state index < -0.39 is 5.97 Å². The van der Waals surface area contributed by atoms with Crippen LogP contribution in [0.2, 0.25) is 0 Å². The van der Waals surface area contributed by atoms with Crippen molar-refractivity contribution in [2.45, 2.75) is 19.3 Å². The smallest absolute Gasteiger partial charge is 0.355 e. The third-order valence-electron chi connectivity index (χ3n) is 6.77. The molecule has 0 saturated carbocycles. The highest BCUT2D eigenvalue weighted by atomic mass is 32.1. The number of para-hydroxylation sites is 1. The van der Waals surface area contributed by atoms with Crippen LogP contribution < -0.4 is 10.2 Å². The highest BCUT2D eigenvalue weighted by Gasteiger charge is 2.36. The van der Waals surface area contributed by atoms with E-state index in [1.54, 1.807) is 16.8 Å². The third-order valence-corrected chi connectivity index (χ3v) is 9.02. The van der Waals surface area contributed by atoms with Crippen molar-refractivity contribution in [3.63, 3.8) is 0 Å². The summed E-state index contributed by atoms with van der Waals surface area (Å²) < 4.78 is 1.08. The van der Waals surface area contributed by atoms with E-state index in [2.05, 4.69) is 25.5 Å². The third kappa shape index (κ3) is 5.10. The van der Waals surface area contributed by atoms with Crippen LogP contribution in [0.1, 0.15) is 32.4 Å². The van der Waals surface area contributed by atoms with Gasteiger partial charge in [-0.15, -0.1) is 21.5 Å². The molecule has 0 spiro atoms. The minimum Gasteiger partial charge on any atom is -0.476 e. The van der Waals surface area contributed by atoms with Gasteiger partial charge in [-0.05, 0) is 36.2 Å². The maximum absolute atomic E-state index is 12.7. The van der Waals surface area contributed by atoms with Gasteiger partial charge in [0.25, 0.3) is 0 Å². The van der Waals surface area contributed by atoms with E-state index >= 15 is 0 Å². The largest absolute Gasteiger partial charge is 0.476 e. The van der Waals surface area contributed by atoms with Crippen LogP contribution in [-0.4, -0.2) is 62.2 Å². The number of carbonyl (C=O) groups is 2. The molecule has 1 amide bonds. The van der Waals surface area contributed by atoms with Gasteiger partial charge >= 0.3 is 5.97 Å². The first-order valence-corrected chi connectivity index (χ1v) is 14.3. The van der Waals surface area contributed by atoms with Crippen LogP contribution in [0.15, 0.2) is 60.7 Å². The van der Waals surface area contributed by atoms with Gasteiger partial charge in [-0.1, -0.05) is 53.8 Å². The molecule has 1 aliphatic heterocycles. The lowest BCUT2D eigenvalue weighted by Gasteiger charge is -2.39. The zero-order valence-electron chi connectivity index (χ0n) is 21.7. The number of aromatic nitrogens is 4. The normalized spacial score (nSPS) is 13.3. The number of aromatic carboxylic acids is 1. The highest BCUT2D eigenvalue weighted by Crippen LogP contribution is 2.39. The summed E-state index contributed by atoms with van der Waals surface area (Å²) in [6, 6.07) is 19.4. The molecule has 2 N–H and O–H groups in total. The molecule has 0 bridgehead atoms. The van der Waals surface area contributed by atoms with Crippen LogP contribution in [0.5, 0.6) is 0 Å². The number of fused-ring (bicyclic) bond motifs is 1. The summed E-state index contributed by atoms with van der Waals surface area (Å²) in [7, 11) is 1.79. The average Bonchev–Trinajstić information content (AvgIpc) is 3.53. The first-order chi connectivity index (χ1) is 19.4. The van der Waals surface area contributed by atoms with Crippen molar-refractivity contribution in [1.82, 2.24) is 25.1 Å². The lowest BCUT2D eigenvalue weighted by Crippen LogP contribution is -2.49. The summed E-state index contributed by atoms with van der Waals surface area (Å²) in [6.07, 6.45) is 0.331. The Bertz CT molecular complexity index is 1680. The van der Waals surface area contributed by atoms with Crippen LogP contribution in [0.3, 0.4) is 0 Å². The lowest BCUT2D eigenvalue weighted by atomic mass is 9.96. The SMILES string of the molecule is Cc1cc(N(C)c2nc(C(=O)O)c(C3CN(C(=O)Cc4ccccc4)C3)s2)nnc1Nc1nc2ccccc2s1. The van der Waals surface area contributed by atoms with Crippen molar-refractivity contribution < 1.29 is 14.7 Å². The van der Waals surface area contributed by atoms with Crippen LogP contribution >= 0.6 is 22.7 Å². The van der Waals surface area contributed by atoms with Gasteiger partial charge in [-0.25, -0.2) is 14.8 Å². The second kappa shape index (κ2) is 10.6. The van der Waals surface area contributed by atoms with Gasteiger partial charge < -0.3 is 20.2 Å². The Morgan fingerprint density at radius 1 is 1.05 bits per heavy atom. The number of nitrogens with zero attached hydrogens (tertiary/aromatic N) is 6. The number of amides is 1. The number of anilines is 4. The Hall–Kier alpha value is -4.42. The van der Waals surface area contributed by atoms with Crippen molar-refractivity contribution in [3.8, 4) is 0 Å². The molecule has 10 nitrogen and oxygen atoms in total. The Labute approximate surface area is 238 Å². The van der Waals surface area contributed by atoms with Gasteiger partial charge in [-0.3, -0.25) is 4.79 Å². The molecule has 0 radical (unpaired) electrons. The molecular formula is C28H25N7O3S2. The van der Waals surface area contributed by atoms with Gasteiger partial charge in [0, 0.05) is 30.9 Å². The molecule has 40 heavy (non-hydrogen) atoms. The fraction of sp³-hybridized carbons (Fsp3) is 0.214. The first kappa shape index (κ1) is 25.8. The second-order valence-corrected chi connectivity index (χ2v) is 11.6. The Morgan fingerprint density at radius 2 is 1.80 bits per heavy atom. The molecule has 0 atom stereocenters. The molecule has 1 saturated heterocycles. The average molecular weight is 572 g/mol. The number of thiazole rings is 2. The highest BCUT2D eigenvalue weighted by molar-refractivity contribution is 7.22. The molecule has 2 aromatic carbocycles. The van der Waals surface area contributed by atoms with Gasteiger partial charge in [-0.2, -0.15) is 0 Å². The Balaban J connectivity index is 1.16. The number of aryl methyl sites for hydroxylation is 1. The number of benzene rings is 2. The summed E-state index contributed by atoms with van der Waals surface area (Å²) in [6.45, 7) is 2.87. The van der Waals surface area contributed by atoms with Gasteiger partial charge in [0.1, 0.15) is 0 Å². The van der Waals surface area contributed by atoms with E-state index in [0.29, 0.717) is 41.2 Å². The molecule has 12 heteroatoms. The number of hydrogen-bond acceptors (Lipinski definition) is 10. The predicted octanol–water partition coefficient (Wildman–Crippen LogP) is 5.23. The van der Waals surface area contributed by atoms with Gasteiger partial charge in [0.05, 0.1) is 16.6 Å². The van der Waals surface area contributed by atoms with E-state index in [-0.39, 0.29) is 17.5 Å². The zero-order valence-corrected chi connectivity index (χ0v) is 23.4. The van der Waals surface area contributed by atoms with Crippen molar-refractivity contribution in [2.24, 2.45) is 0 Å². The summed E-state index contributed by atoms with van der Waals surface area (Å²) in [4.78, 5) is 37.9. The van der Waals surface area contributed by atoms with Gasteiger partial charge in [0.15, 0.2) is 27.6 Å². The Kier molecular flexibility index (Phi) is 6.86. The topological polar surface area (TPSA) is 124 Å². The van der Waals surface area contributed by atoms with Crippen molar-refractivity contribution >= 4 is 66.7 Å². The quantitative estimate of drug-likeness (QED) is 0.258. The van der Waals surface area contributed by atoms with E-state index in [0.717, 1.165) is 26.5 Å². The number of hydrogen-bond donors (Lipinski definition) is 2. The number of carboxylic acid groups (broad SMARTS) is 1. The molecule has 0 unspecified atom stereocenters. The minimum atomic E-state index is -1.09. The molecular weight excluding hydrogens is 546 g/mol. The van der Waals surface area contributed by atoms with E-state index in [1.807, 2.05) is 67.6 Å². The lowest BCUT2D eigenvalue weighted by molar-refractivity contribution is -0.134. The first-order valence-electron chi connectivity index (χ1n) is 12.6. The molecule has 0 aliphatic carbocycles. The fourth-order valence-electron chi connectivity index (χ4n) is 4.51. The summed E-state index contributed by atoms with van der Waals surface area (Å²) in [5.74, 6) is 0.0117. The van der Waals surface area contributed by atoms with Crippen molar-refractivity contribution in [3.05, 3.63) is 82.4 Å². The molecule has 4 heterocycles. The monoisotopic (exact) mass is 571 g/mol. The number of carboxylic acids is 1. The zero-order chi connectivity index (χ0) is 27.8. The maximum Gasteiger partial charge on any atom is 0.355 e. The summed E-state index contributed by atoms with van der Waals surface area (Å²) >= 11 is 2.85. The molecule has 1 fully saturated rings. The van der Waals surface area contributed by atoms with Crippen molar-refractivity contribution in [2.75, 3.05) is 30.4 Å². The van der Waals surface area contributed by atoms with Crippen LogP contribution in [-0.2, 0) is 11.2 Å². The number of carbonyl (C=O) groups excluding carboxylic acids is 1. The van der Waals surface area contributed by atoms with E-state index in [1.165, 1.54) is 22.7 Å². The number of rotatable bonds is 8. The minimum absolute atomic E-state index is 0.0193. The fourth-order valence-corrected chi connectivity index (χ4v) is 6.48. The molecule has 3 aromatic heterocycles. The van der Waals surface area contributed by atoms with Crippen molar-refractivity contribution in [1.29, 1.82) is 0 Å². The molecule has 202 valence electrons. The predicted molar refractivity (Wildman–Crippen MR) is 156 cm³/mol. The second-order valence-electron chi connectivity index (χ2n) is 9.58. The van der Waals surface area contributed by atoms with E-state index in [4.69, 9.17) is 0 Å². The molecule has 6 rings (SSSR count).